The highest BCUT2D eigenvalue weighted by molar-refractivity contribution is 5.30. The summed E-state index contributed by atoms with van der Waals surface area (Å²) in [5.74, 6) is 0. The topological polar surface area (TPSA) is 64.3 Å². The van der Waals surface area contributed by atoms with Crippen LogP contribution in [-0.2, 0) is 0 Å². The summed E-state index contributed by atoms with van der Waals surface area (Å²) in [5, 5.41) is 0. The molecule has 5 heteroatoms. The van der Waals surface area contributed by atoms with Gasteiger partial charge < -0.3 is 10.5 Å². The molecule has 2 N–H and O–H groups in total. The Balaban J connectivity index is 1.71. The van der Waals surface area contributed by atoms with Crippen molar-refractivity contribution in [2.75, 3.05) is 32.0 Å². The number of rotatable bonds is 4. The van der Waals surface area contributed by atoms with Gasteiger partial charge in [0.2, 0.25) is 0 Å². The van der Waals surface area contributed by atoms with Crippen molar-refractivity contribution < 1.29 is 4.74 Å². The van der Waals surface area contributed by atoms with Crippen molar-refractivity contribution in [2.24, 2.45) is 0 Å². The van der Waals surface area contributed by atoms with Crippen molar-refractivity contribution in [1.82, 2.24) is 14.9 Å². The summed E-state index contributed by atoms with van der Waals surface area (Å²) >= 11 is 0. The molecule has 0 radical (unpaired) electrons. The van der Waals surface area contributed by atoms with E-state index in [-0.39, 0.29) is 0 Å². The highest BCUT2D eigenvalue weighted by Crippen LogP contribution is 2.07. The summed E-state index contributed by atoms with van der Waals surface area (Å²) in [4.78, 5) is 10.3. The van der Waals surface area contributed by atoms with E-state index < -0.39 is 0 Å². The third kappa shape index (κ3) is 3.06. The zero-order valence-electron chi connectivity index (χ0n) is 8.72. The van der Waals surface area contributed by atoms with Gasteiger partial charge in [0.25, 0.3) is 0 Å². The molecule has 1 fully saturated rings. The molecule has 82 valence electrons. The van der Waals surface area contributed by atoms with E-state index in [0.29, 0.717) is 18.3 Å². The van der Waals surface area contributed by atoms with Gasteiger partial charge >= 0.3 is 6.01 Å². The second-order valence-corrected chi connectivity index (χ2v) is 3.70. The van der Waals surface area contributed by atoms with Gasteiger partial charge in [0.05, 0.1) is 18.1 Å². The molecule has 15 heavy (non-hydrogen) atoms. The van der Waals surface area contributed by atoms with Crippen LogP contribution in [-0.4, -0.2) is 41.1 Å². The summed E-state index contributed by atoms with van der Waals surface area (Å²) in [7, 11) is 0. The van der Waals surface area contributed by atoms with Crippen molar-refractivity contribution in [1.29, 1.82) is 0 Å². The molecule has 0 unspecified atom stereocenters. The van der Waals surface area contributed by atoms with Crippen molar-refractivity contribution in [3.05, 3.63) is 12.4 Å². The first-order valence-electron chi connectivity index (χ1n) is 5.27. The number of nitrogens with two attached hydrogens (primary N) is 1. The zero-order chi connectivity index (χ0) is 10.5. The predicted octanol–water partition coefficient (Wildman–Crippen LogP) is 0.533. The Hall–Kier alpha value is -1.36. The second-order valence-electron chi connectivity index (χ2n) is 3.70. The molecular formula is C10H16N4O. The van der Waals surface area contributed by atoms with E-state index in [4.69, 9.17) is 10.5 Å². The van der Waals surface area contributed by atoms with Gasteiger partial charge in [0, 0.05) is 6.54 Å². The number of nitrogen functional groups attached to an aromatic ring is 1. The van der Waals surface area contributed by atoms with Gasteiger partial charge in [0.15, 0.2) is 0 Å². The number of hydrogen-bond acceptors (Lipinski definition) is 5. The summed E-state index contributed by atoms with van der Waals surface area (Å²) < 4.78 is 5.40. The Labute approximate surface area is 89.3 Å². The molecule has 1 aromatic rings. The highest BCUT2D eigenvalue weighted by Gasteiger charge is 2.10. The quantitative estimate of drug-likeness (QED) is 0.782. The lowest BCUT2D eigenvalue weighted by molar-refractivity contribution is 0.225. The van der Waals surface area contributed by atoms with Gasteiger partial charge in [0.1, 0.15) is 6.61 Å². The Bertz CT molecular complexity index is 295. The lowest BCUT2D eigenvalue weighted by Crippen LogP contribution is -2.25. The number of nitrogens with zero attached hydrogens (tertiary/aromatic N) is 3. The molecule has 0 aliphatic carbocycles. The molecule has 1 saturated heterocycles. The second kappa shape index (κ2) is 4.93. The van der Waals surface area contributed by atoms with Crippen LogP contribution >= 0.6 is 0 Å². The highest BCUT2D eigenvalue weighted by atomic mass is 16.5. The van der Waals surface area contributed by atoms with E-state index in [1.807, 2.05) is 0 Å². The van der Waals surface area contributed by atoms with Gasteiger partial charge in [-0.2, -0.15) is 0 Å². The average Bonchev–Trinajstić information content (AvgIpc) is 2.74. The molecular weight excluding hydrogens is 192 g/mol. The van der Waals surface area contributed by atoms with Crippen LogP contribution in [0.25, 0.3) is 0 Å². The minimum absolute atomic E-state index is 0.406. The Morgan fingerprint density at radius 1 is 1.27 bits per heavy atom. The average molecular weight is 208 g/mol. The fourth-order valence-electron chi connectivity index (χ4n) is 1.67. The normalized spacial score (nSPS) is 16.8. The van der Waals surface area contributed by atoms with E-state index >= 15 is 0 Å². The van der Waals surface area contributed by atoms with Crippen molar-refractivity contribution in [3.63, 3.8) is 0 Å². The molecule has 0 atom stereocenters. The van der Waals surface area contributed by atoms with Gasteiger partial charge in [-0.25, -0.2) is 9.97 Å². The summed E-state index contributed by atoms with van der Waals surface area (Å²) in [6, 6.07) is 0.406. The van der Waals surface area contributed by atoms with Gasteiger partial charge in [-0.3, -0.25) is 4.90 Å². The number of ether oxygens (including phenoxy) is 1. The van der Waals surface area contributed by atoms with E-state index in [1.165, 1.54) is 25.9 Å². The number of hydrogen-bond donors (Lipinski definition) is 1. The smallest absolute Gasteiger partial charge is 0.316 e. The molecule has 5 nitrogen and oxygen atoms in total. The summed E-state index contributed by atoms with van der Waals surface area (Å²) in [6.07, 6.45) is 5.72. The third-order valence-electron chi connectivity index (χ3n) is 2.49. The van der Waals surface area contributed by atoms with Crippen LogP contribution in [0.15, 0.2) is 12.4 Å². The lowest BCUT2D eigenvalue weighted by atomic mass is 10.4. The van der Waals surface area contributed by atoms with E-state index in [0.717, 1.165) is 6.54 Å². The van der Waals surface area contributed by atoms with Crippen LogP contribution < -0.4 is 10.5 Å². The molecule has 0 amide bonds. The van der Waals surface area contributed by atoms with Crippen molar-refractivity contribution in [3.8, 4) is 6.01 Å². The molecule has 0 spiro atoms. The third-order valence-corrected chi connectivity index (χ3v) is 2.49. The van der Waals surface area contributed by atoms with Gasteiger partial charge in [-0.15, -0.1) is 0 Å². The van der Waals surface area contributed by atoms with Crippen LogP contribution in [0.3, 0.4) is 0 Å². The minimum atomic E-state index is 0.406. The molecule has 1 aliphatic heterocycles. The number of anilines is 1. The molecule has 1 aliphatic rings. The fraction of sp³-hybridized carbons (Fsp3) is 0.600. The Morgan fingerprint density at radius 2 is 1.93 bits per heavy atom. The van der Waals surface area contributed by atoms with Crippen molar-refractivity contribution in [2.45, 2.75) is 12.8 Å². The molecule has 1 aromatic heterocycles. The number of aromatic nitrogens is 2. The Morgan fingerprint density at radius 3 is 2.60 bits per heavy atom. The SMILES string of the molecule is Nc1cnc(OCCN2CCCC2)nc1. The first-order chi connectivity index (χ1) is 7.34. The first-order valence-corrected chi connectivity index (χ1v) is 5.27. The zero-order valence-corrected chi connectivity index (χ0v) is 8.72. The van der Waals surface area contributed by atoms with E-state index in [1.54, 1.807) is 12.4 Å². The molecule has 0 saturated carbocycles. The molecule has 0 bridgehead atoms. The van der Waals surface area contributed by atoms with Crippen LogP contribution in [0, 0.1) is 0 Å². The monoisotopic (exact) mass is 208 g/mol. The maximum atomic E-state index is 5.47. The lowest BCUT2D eigenvalue weighted by Gasteiger charge is -2.13. The summed E-state index contributed by atoms with van der Waals surface area (Å²) in [6.45, 7) is 3.97. The van der Waals surface area contributed by atoms with Crippen LogP contribution in [0.1, 0.15) is 12.8 Å². The standard InChI is InChI=1S/C10H16N4O/c11-9-7-12-10(13-8-9)15-6-5-14-3-1-2-4-14/h7-8H,1-6,11H2. The maximum Gasteiger partial charge on any atom is 0.316 e. The molecule has 2 heterocycles. The van der Waals surface area contributed by atoms with Gasteiger partial charge in [-0.05, 0) is 25.9 Å². The minimum Gasteiger partial charge on any atom is -0.462 e. The largest absolute Gasteiger partial charge is 0.462 e. The van der Waals surface area contributed by atoms with Crippen LogP contribution in [0.4, 0.5) is 5.69 Å². The maximum absolute atomic E-state index is 5.47. The molecule has 2 rings (SSSR count). The first kappa shape index (κ1) is 10.2. The Kier molecular flexibility index (Phi) is 3.34. The van der Waals surface area contributed by atoms with Gasteiger partial charge in [-0.1, -0.05) is 0 Å². The predicted molar refractivity (Wildman–Crippen MR) is 57.6 cm³/mol. The van der Waals surface area contributed by atoms with Crippen LogP contribution in [0.5, 0.6) is 6.01 Å². The molecule has 0 aromatic carbocycles. The fourth-order valence-corrected chi connectivity index (χ4v) is 1.67. The van der Waals surface area contributed by atoms with Crippen molar-refractivity contribution >= 4 is 5.69 Å². The summed E-state index contributed by atoms with van der Waals surface area (Å²) in [5.41, 5.74) is 6.02. The van der Waals surface area contributed by atoms with E-state index in [9.17, 15) is 0 Å². The van der Waals surface area contributed by atoms with E-state index in [2.05, 4.69) is 14.9 Å². The van der Waals surface area contributed by atoms with Crippen LogP contribution in [0.2, 0.25) is 0 Å². The number of likely N-dealkylation sites (tertiary alicyclic amines) is 1.